The third kappa shape index (κ3) is 4.24. The second-order valence-corrected chi connectivity index (χ2v) is 7.60. The molecule has 3 heterocycles. The molecule has 0 saturated carbocycles. The van der Waals surface area contributed by atoms with Crippen LogP contribution in [0.25, 0.3) is 22.8 Å². The molecular weight excluding hydrogens is 392 g/mol. The van der Waals surface area contributed by atoms with Gasteiger partial charge in [0, 0.05) is 31.3 Å². The number of carboxylic acid groups (broad SMARTS) is 1. The molecule has 0 spiro atoms. The van der Waals surface area contributed by atoms with Gasteiger partial charge in [0.25, 0.3) is 5.89 Å². The van der Waals surface area contributed by atoms with Crippen molar-refractivity contribution in [1.82, 2.24) is 15.1 Å². The molecule has 0 bridgehead atoms. The zero-order valence-electron chi connectivity index (χ0n) is 16.1. The summed E-state index contributed by atoms with van der Waals surface area (Å²) in [6, 6.07) is 7.55. The van der Waals surface area contributed by atoms with E-state index in [-0.39, 0.29) is 6.42 Å². The molecule has 8 heteroatoms. The minimum absolute atomic E-state index is 0.104. The number of aliphatic carboxylic acids is 1. The summed E-state index contributed by atoms with van der Waals surface area (Å²) in [5.41, 5.74) is 3.44. The number of hydrogen-bond acceptors (Lipinski definition) is 6. The maximum absolute atomic E-state index is 10.8. The van der Waals surface area contributed by atoms with Gasteiger partial charge in [-0.25, -0.2) is 4.98 Å². The number of anilines is 1. The lowest BCUT2D eigenvalue weighted by atomic mass is 10.0. The number of carbonyl (C=O) groups is 1. The Morgan fingerprint density at radius 3 is 2.76 bits per heavy atom. The van der Waals surface area contributed by atoms with E-state index in [0.29, 0.717) is 28.7 Å². The number of carboxylic acids is 1. The van der Waals surface area contributed by atoms with Gasteiger partial charge >= 0.3 is 5.97 Å². The van der Waals surface area contributed by atoms with E-state index in [2.05, 4.69) is 20.0 Å². The van der Waals surface area contributed by atoms with Gasteiger partial charge in [-0.05, 0) is 43.4 Å². The molecule has 0 aliphatic carbocycles. The molecule has 1 aromatic carbocycles. The number of aryl methyl sites for hydroxylation is 2. The highest BCUT2D eigenvalue weighted by Crippen LogP contribution is 2.31. The van der Waals surface area contributed by atoms with E-state index in [1.54, 1.807) is 12.3 Å². The van der Waals surface area contributed by atoms with E-state index in [1.807, 2.05) is 25.1 Å². The van der Waals surface area contributed by atoms with E-state index in [0.717, 1.165) is 48.4 Å². The Morgan fingerprint density at radius 2 is 2.07 bits per heavy atom. The highest BCUT2D eigenvalue weighted by Gasteiger charge is 2.19. The predicted octanol–water partition coefficient (Wildman–Crippen LogP) is 4.38. The van der Waals surface area contributed by atoms with Crippen molar-refractivity contribution in [3.8, 4) is 22.8 Å². The molecule has 1 aliphatic rings. The smallest absolute Gasteiger partial charge is 0.303 e. The molecule has 1 fully saturated rings. The summed E-state index contributed by atoms with van der Waals surface area (Å²) in [5.74, 6) is 0.816. The maximum atomic E-state index is 10.8. The molecule has 0 amide bonds. The first-order valence-electron chi connectivity index (χ1n) is 9.57. The molecule has 2 aromatic heterocycles. The third-order valence-electron chi connectivity index (χ3n) is 5.06. The summed E-state index contributed by atoms with van der Waals surface area (Å²) in [5, 5.41) is 13.5. The second-order valence-electron chi connectivity index (χ2n) is 7.19. The van der Waals surface area contributed by atoms with Crippen molar-refractivity contribution in [2.24, 2.45) is 0 Å². The molecule has 3 aromatic rings. The van der Waals surface area contributed by atoms with Crippen molar-refractivity contribution >= 4 is 23.4 Å². The van der Waals surface area contributed by atoms with Crippen LogP contribution < -0.4 is 4.90 Å². The first-order valence-corrected chi connectivity index (χ1v) is 9.95. The first-order chi connectivity index (χ1) is 14.0. The fourth-order valence-electron chi connectivity index (χ4n) is 3.54. The fourth-order valence-corrected chi connectivity index (χ4v) is 3.83. The molecule has 1 aliphatic heterocycles. The number of nitrogens with zero attached hydrogens (tertiary/aromatic N) is 4. The third-order valence-corrected chi connectivity index (χ3v) is 5.34. The summed E-state index contributed by atoms with van der Waals surface area (Å²) in [4.78, 5) is 21.9. The Hall–Kier alpha value is -2.93. The Morgan fingerprint density at radius 1 is 1.28 bits per heavy atom. The Balaban J connectivity index is 1.55. The standard InChI is InChI=1S/C21H21ClN4O3/c1-13-10-14(5-7-18(27)28)4-6-16(13)19-24-21(29-25-19)15-11-17(22)20(23-12-15)26-8-2-3-9-26/h4,6,10-12H,2-3,5,7-9H2,1H3,(H,27,28). The van der Waals surface area contributed by atoms with E-state index in [9.17, 15) is 4.79 Å². The summed E-state index contributed by atoms with van der Waals surface area (Å²) >= 11 is 6.44. The average molecular weight is 413 g/mol. The second kappa shape index (κ2) is 8.21. The largest absolute Gasteiger partial charge is 0.481 e. The molecule has 150 valence electrons. The van der Waals surface area contributed by atoms with Crippen LogP contribution in [0.2, 0.25) is 5.02 Å². The van der Waals surface area contributed by atoms with Crippen LogP contribution in [0, 0.1) is 6.92 Å². The van der Waals surface area contributed by atoms with Gasteiger partial charge in [0.1, 0.15) is 5.82 Å². The Kier molecular flexibility index (Phi) is 5.49. The lowest BCUT2D eigenvalue weighted by Crippen LogP contribution is -2.19. The minimum Gasteiger partial charge on any atom is -0.481 e. The fraction of sp³-hybridized carbons (Fsp3) is 0.333. The minimum atomic E-state index is -0.808. The van der Waals surface area contributed by atoms with E-state index >= 15 is 0 Å². The van der Waals surface area contributed by atoms with Gasteiger partial charge in [0.2, 0.25) is 5.82 Å². The van der Waals surface area contributed by atoms with Crippen molar-refractivity contribution in [2.45, 2.75) is 32.6 Å². The van der Waals surface area contributed by atoms with E-state index in [4.69, 9.17) is 21.2 Å². The molecule has 0 radical (unpaired) electrons. The van der Waals surface area contributed by atoms with Gasteiger partial charge in [0.05, 0.1) is 10.6 Å². The van der Waals surface area contributed by atoms with Crippen molar-refractivity contribution in [3.63, 3.8) is 0 Å². The lowest BCUT2D eigenvalue weighted by Gasteiger charge is -2.17. The number of benzene rings is 1. The summed E-state index contributed by atoms with van der Waals surface area (Å²) in [6.45, 7) is 3.88. The molecule has 1 saturated heterocycles. The lowest BCUT2D eigenvalue weighted by molar-refractivity contribution is -0.136. The average Bonchev–Trinajstić information content (AvgIpc) is 3.38. The van der Waals surface area contributed by atoms with Gasteiger partial charge in [-0.2, -0.15) is 4.98 Å². The van der Waals surface area contributed by atoms with Crippen LogP contribution in [0.15, 0.2) is 35.0 Å². The Labute approximate surface area is 173 Å². The van der Waals surface area contributed by atoms with Crippen LogP contribution in [0.4, 0.5) is 5.82 Å². The van der Waals surface area contributed by atoms with Crippen LogP contribution in [0.1, 0.15) is 30.4 Å². The summed E-state index contributed by atoms with van der Waals surface area (Å²) in [6.07, 6.45) is 4.61. The quantitative estimate of drug-likeness (QED) is 0.642. The van der Waals surface area contributed by atoms with E-state index in [1.165, 1.54) is 0 Å². The van der Waals surface area contributed by atoms with Gasteiger partial charge in [-0.3, -0.25) is 4.79 Å². The molecule has 0 unspecified atom stereocenters. The van der Waals surface area contributed by atoms with Crippen LogP contribution >= 0.6 is 11.6 Å². The zero-order valence-corrected chi connectivity index (χ0v) is 16.8. The topological polar surface area (TPSA) is 92.3 Å². The van der Waals surface area contributed by atoms with E-state index < -0.39 is 5.97 Å². The van der Waals surface area contributed by atoms with Gasteiger partial charge in [-0.15, -0.1) is 0 Å². The number of halogens is 1. The molecular formula is C21H21ClN4O3. The zero-order chi connectivity index (χ0) is 20.4. The van der Waals surface area contributed by atoms with Crippen LogP contribution in [-0.2, 0) is 11.2 Å². The van der Waals surface area contributed by atoms with Crippen molar-refractivity contribution in [2.75, 3.05) is 18.0 Å². The number of hydrogen-bond donors (Lipinski definition) is 1. The molecule has 0 atom stereocenters. The predicted molar refractivity (Wildman–Crippen MR) is 110 cm³/mol. The number of rotatable bonds is 6. The van der Waals surface area contributed by atoms with Crippen LogP contribution in [0.5, 0.6) is 0 Å². The molecule has 7 nitrogen and oxygen atoms in total. The van der Waals surface area contributed by atoms with Crippen LogP contribution in [-0.4, -0.2) is 39.3 Å². The van der Waals surface area contributed by atoms with Gasteiger partial charge < -0.3 is 14.5 Å². The van der Waals surface area contributed by atoms with Crippen molar-refractivity contribution in [1.29, 1.82) is 0 Å². The SMILES string of the molecule is Cc1cc(CCC(=O)O)ccc1-c1noc(-c2cnc(N3CCCC3)c(Cl)c2)n1. The molecule has 4 rings (SSSR count). The Bertz CT molecular complexity index is 1040. The number of aromatic nitrogens is 3. The summed E-state index contributed by atoms with van der Waals surface area (Å²) in [7, 11) is 0. The number of pyridine rings is 1. The van der Waals surface area contributed by atoms with Crippen molar-refractivity contribution in [3.05, 3.63) is 46.6 Å². The first kappa shape index (κ1) is 19.4. The van der Waals surface area contributed by atoms with Crippen LogP contribution in [0.3, 0.4) is 0 Å². The monoisotopic (exact) mass is 412 g/mol. The molecule has 29 heavy (non-hydrogen) atoms. The highest BCUT2D eigenvalue weighted by atomic mass is 35.5. The molecule has 1 N–H and O–H groups in total. The van der Waals surface area contributed by atoms with Gasteiger partial charge in [0.15, 0.2) is 0 Å². The van der Waals surface area contributed by atoms with Crippen molar-refractivity contribution < 1.29 is 14.4 Å². The summed E-state index contributed by atoms with van der Waals surface area (Å²) < 4.78 is 5.44. The van der Waals surface area contributed by atoms with Gasteiger partial charge in [-0.1, -0.05) is 35.0 Å². The normalized spacial score (nSPS) is 13.8. The maximum Gasteiger partial charge on any atom is 0.303 e. The highest BCUT2D eigenvalue weighted by molar-refractivity contribution is 6.33.